The second kappa shape index (κ2) is 10.3. The molecule has 0 radical (unpaired) electrons. The van der Waals surface area contributed by atoms with Crippen LogP contribution in [-0.2, 0) is 36.6 Å². The molecule has 25 heavy (non-hydrogen) atoms. The van der Waals surface area contributed by atoms with Gasteiger partial charge in [0.25, 0.3) is 0 Å². The van der Waals surface area contributed by atoms with Gasteiger partial charge < -0.3 is 19.2 Å². The summed E-state index contributed by atoms with van der Waals surface area (Å²) in [5.41, 5.74) is 0.880. The second-order valence-corrected chi connectivity index (χ2v) is 5.00. The molecular weight excluding hydrogens is 330 g/mol. The molecule has 1 heterocycles. The molecule has 0 aliphatic rings. The van der Waals surface area contributed by atoms with E-state index in [-0.39, 0.29) is 50.5 Å². The molecule has 0 saturated carbocycles. The standard InChI is InChI=1S/C17H23NO7/c1-4-23-14(20)8-7-11-12(9-15(21)24-5-2)13(10-19)18-16(11)17(22)25-6-3/h10,18H,4-9H2,1-3H3. The Morgan fingerprint density at radius 3 is 2.08 bits per heavy atom. The lowest BCUT2D eigenvalue weighted by Gasteiger charge is -2.08. The van der Waals surface area contributed by atoms with Gasteiger partial charge in [-0.3, -0.25) is 14.4 Å². The highest BCUT2D eigenvalue weighted by Gasteiger charge is 2.25. The third kappa shape index (κ3) is 5.74. The molecule has 0 atom stereocenters. The third-order valence-corrected chi connectivity index (χ3v) is 3.36. The summed E-state index contributed by atoms with van der Waals surface area (Å²) >= 11 is 0. The zero-order valence-corrected chi connectivity index (χ0v) is 14.7. The van der Waals surface area contributed by atoms with Crippen LogP contribution in [0.15, 0.2) is 0 Å². The maximum absolute atomic E-state index is 12.1. The highest BCUT2D eigenvalue weighted by Crippen LogP contribution is 2.22. The minimum absolute atomic E-state index is 0.00617. The van der Waals surface area contributed by atoms with E-state index < -0.39 is 17.9 Å². The van der Waals surface area contributed by atoms with Crippen molar-refractivity contribution in [1.29, 1.82) is 0 Å². The van der Waals surface area contributed by atoms with Gasteiger partial charge in [0.1, 0.15) is 5.69 Å². The number of H-pyrrole nitrogens is 1. The number of rotatable bonds is 10. The smallest absolute Gasteiger partial charge is 0.355 e. The molecular formula is C17H23NO7. The number of carbonyl (C=O) groups excluding carboxylic acids is 4. The van der Waals surface area contributed by atoms with E-state index in [1.807, 2.05) is 0 Å². The van der Waals surface area contributed by atoms with Gasteiger partial charge in [-0.25, -0.2) is 4.79 Å². The van der Waals surface area contributed by atoms with Crippen molar-refractivity contribution in [3.8, 4) is 0 Å². The minimum atomic E-state index is -0.653. The zero-order chi connectivity index (χ0) is 18.8. The maximum Gasteiger partial charge on any atom is 0.355 e. The Labute approximate surface area is 145 Å². The molecule has 0 aliphatic heterocycles. The van der Waals surface area contributed by atoms with Crippen LogP contribution in [-0.4, -0.2) is 49.0 Å². The zero-order valence-electron chi connectivity index (χ0n) is 14.7. The van der Waals surface area contributed by atoms with Gasteiger partial charge in [0.15, 0.2) is 6.29 Å². The van der Waals surface area contributed by atoms with Crippen molar-refractivity contribution in [3.63, 3.8) is 0 Å². The fourth-order valence-electron chi connectivity index (χ4n) is 2.37. The molecule has 0 unspecified atom stereocenters. The molecule has 8 nitrogen and oxygen atoms in total. The van der Waals surface area contributed by atoms with Crippen LogP contribution >= 0.6 is 0 Å². The minimum Gasteiger partial charge on any atom is -0.466 e. The van der Waals surface area contributed by atoms with Crippen molar-refractivity contribution in [3.05, 3.63) is 22.5 Å². The first-order valence-electron chi connectivity index (χ1n) is 8.15. The van der Waals surface area contributed by atoms with E-state index >= 15 is 0 Å². The first-order valence-corrected chi connectivity index (χ1v) is 8.15. The van der Waals surface area contributed by atoms with Crippen molar-refractivity contribution in [2.45, 2.75) is 40.0 Å². The van der Waals surface area contributed by atoms with E-state index in [0.717, 1.165) is 0 Å². The normalized spacial score (nSPS) is 10.2. The van der Waals surface area contributed by atoms with Crippen LogP contribution in [0.4, 0.5) is 0 Å². The topological polar surface area (TPSA) is 112 Å². The number of esters is 3. The monoisotopic (exact) mass is 353 g/mol. The first kappa shape index (κ1) is 20.4. The van der Waals surface area contributed by atoms with Gasteiger partial charge in [-0.2, -0.15) is 0 Å². The molecule has 0 aliphatic carbocycles. The lowest BCUT2D eigenvalue weighted by atomic mass is 10.0. The summed E-state index contributed by atoms with van der Waals surface area (Å²) in [5.74, 6) is -1.62. The van der Waals surface area contributed by atoms with E-state index in [0.29, 0.717) is 17.4 Å². The second-order valence-electron chi connectivity index (χ2n) is 5.00. The van der Waals surface area contributed by atoms with Gasteiger partial charge >= 0.3 is 17.9 Å². The van der Waals surface area contributed by atoms with Gasteiger partial charge in [0.2, 0.25) is 0 Å². The lowest BCUT2D eigenvalue weighted by molar-refractivity contribution is -0.143. The maximum atomic E-state index is 12.1. The Kier molecular flexibility index (Phi) is 8.38. The summed E-state index contributed by atoms with van der Waals surface area (Å²) in [5, 5.41) is 0. The van der Waals surface area contributed by atoms with Crippen LogP contribution in [0.5, 0.6) is 0 Å². The average molecular weight is 353 g/mol. The molecule has 0 aromatic carbocycles. The number of ether oxygens (including phenoxy) is 3. The fraction of sp³-hybridized carbons (Fsp3) is 0.529. The Morgan fingerprint density at radius 1 is 0.920 bits per heavy atom. The number of aromatic nitrogens is 1. The van der Waals surface area contributed by atoms with Crippen molar-refractivity contribution in [2.24, 2.45) is 0 Å². The number of hydrogen-bond acceptors (Lipinski definition) is 7. The van der Waals surface area contributed by atoms with Crippen LogP contribution in [0.25, 0.3) is 0 Å². The molecule has 138 valence electrons. The molecule has 1 aromatic heterocycles. The molecule has 0 bridgehead atoms. The van der Waals surface area contributed by atoms with E-state index in [2.05, 4.69) is 4.98 Å². The van der Waals surface area contributed by atoms with E-state index in [9.17, 15) is 19.2 Å². The number of hydrogen-bond donors (Lipinski definition) is 1. The molecule has 1 rings (SSSR count). The molecule has 1 aromatic rings. The number of aldehydes is 1. The summed E-state index contributed by atoms with van der Waals surface area (Å²) in [6, 6.07) is 0. The van der Waals surface area contributed by atoms with Gasteiger partial charge in [-0.1, -0.05) is 0 Å². The van der Waals surface area contributed by atoms with Crippen LogP contribution in [0, 0.1) is 0 Å². The summed E-state index contributed by atoms with van der Waals surface area (Å²) in [6.45, 7) is 5.60. The fourth-order valence-corrected chi connectivity index (χ4v) is 2.37. The summed E-state index contributed by atoms with van der Waals surface area (Å²) in [7, 11) is 0. The largest absolute Gasteiger partial charge is 0.466 e. The lowest BCUT2D eigenvalue weighted by Crippen LogP contribution is -2.13. The Hall–Kier alpha value is -2.64. The van der Waals surface area contributed by atoms with E-state index in [4.69, 9.17) is 14.2 Å². The Balaban J connectivity index is 3.20. The summed E-state index contributed by atoms with van der Waals surface area (Å²) in [6.07, 6.45) is 0.472. The van der Waals surface area contributed by atoms with E-state index in [1.165, 1.54) is 0 Å². The number of aromatic amines is 1. The Bertz CT molecular complexity index is 633. The average Bonchev–Trinajstić information content (AvgIpc) is 2.91. The predicted molar refractivity (Wildman–Crippen MR) is 87.4 cm³/mol. The van der Waals surface area contributed by atoms with Gasteiger partial charge in [-0.05, 0) is 38.3 Å². The highest BCUT2D eigenvalue weighted by molar-refractivity contribution is 5.93. The highest BCUT2D eigenvalue weighted by atomic mass is 16.5. The first-order chi connectivity index (χ1) is 12.0. The quantitative estimate of drug-likeness (QED) is 0.386. The van der Waals surface area contributed by atoms with Gasteiger partial charge in [0, 0.05) is 6.42 Å². The number of carbonyl (C=O) groups is 4. The molecule has 8 heteroatoms. The summed E-state index contributed by atoms with van der Waals surface area (Å²) in [4.78, 5) is 49.6. The third-order valence-electron chi connectivity index (χ3n) is 3.36. The Morgan fingerprint density at radius 2 is 1.52 bits per heavy atom. The van der Waals surface area contributed by atoms with Crippen LogP contribution in [0.1, 0.15) is 59.3 Å². The van der Waals surface area contributed by atoms with E-state index in [1.54, 1.807) is 20.8 Å². The number of nitrogens with one attached hydrogen (secondary N) is 1. The molecule has 0 fully saturated rings. The summed E-state index contributed by atoms with van der Waals surface area (Å²) < 4.78 is 14.8. The van der Waals surface area contributed by atoms with Crippen molar-refractivity contribution in [2.75, 3.05) is 19.8 Å². The van der Waals surface area contributed by atoms with Gasteiger partial charge in [0.05, 0.1) is 31.9 Å². The molecule has 0 saturated heterocycles. The molecule has 0 amide bonds. The molecule has 1 N–H and O–H groups in total. The van der Waals surface area contributed by atoms with Crippen molar-refractivity contribution in [1.82, 2.24) is 4.98 Å². The SMILES string of the molecule is CCOC(=O)CCc1c(C(=O)OCC)[nH]c(C=O)c1CC(=O)OCC. The van der Waals surface area contributed by atoms with Crippen LogP contribution < -0.4 is 0 Å². The van der Waals surface area contributed by atoms with Gasteiger partial charge in [-0.15, -0.1) is 0 Å². The van der Waals surface area contributed by atoms with Crippen LogP contribution in [0.3, 0.4) is 0 Å². The molecule has 0 spiro atoms. The van der Waals surface area contributed by atoms with Crippen molar-refractivity contribution >= 4 is 24.2 Å². The van der Waals surface area contributed by atoms with Crippen molar-refractivity contribution < 1.29 is 33.4 Å². The predicted octanol–water partition coefficient (Wildman–Crippen LogP) is 1.61. The van der Waals surface area contributed by atoms with Crippen LogP contribution in [0.2, 0.25) is 0 Å².